The molecule has 3 rings (SSSR count). The molecule has 0 aliphatic rings. The Kier molecular flexibility index (Phi) is 3.33. The van der Waals surface area contributed by atoms with Gasteiger partial charge in [-0.05, 0) is 23.4 Å². The van der Waals surface area contributed by atoms with E-state index < -0.39 is 5.82 Å². The summed E-state index contributed by atoms with van der Waals surface area (Å²) in [6.07, 6.45) is 1.33. The van der Waals surface area contributed by atoms with Crippen LogP contribution in [-0.4, -0.2) is 9.97 Å². The first kappa shape index (κ1) is 12.9. The second kappa shape index (κ2) is 5.14. The molecule has 1 aromatic carbocycles. The summed E-state index contributed by atoms with van der Waals surface area (Å²) in [5, 5.41) is 2.65. The van der Waals surface area contributed by atoms with E-state index in [1.165, 1.54) is 29.8 Å². The summed E-state index contributed by atoms with van der Waals surface area (Å²) in [5.41, 5.74) is 0.674. The first-order chi connectivity index (χ1) is 9.67. The SMILES string of the molecule is O=Nc1ccc(Oc2ncnc3cc(S)sc23)c(F)c1. The average molecular weight is 307 g/mol. The Morgan fingerprint density at radius 2 is 2.15 bits per heavy atom. The van der Waals surface area contributed by atoms with Gasteiger partial charge in [-0.3, -0.25) is 0 Å². The minimum absolute atomic E-state index is 0.00328. The van der Waals surface area contributed by atoms with Crippen LogP contribution in [0.25, 0.3) is 10.2 Å². The molecule has 0 saturated carbocycles. The maximum Gasteiger partial charge on any atom is 0.240 e. The fourth-order valence-electron chi connectivity index (χ4n) is 1.63. The van der Waals surface area contributed by atoms with E-state index >= 15 is 0 Å². The van der Waals surface area contributed by atoms with Crippen LogP contribution in [0.15, 0.2) is 40.0 Å². The first-order valence-electron chi connectivity index (χ1n) is 5.41. The summed E-state index contributed by atoms with van der Waals surface area (Å²) in [5.74, 6) is -0.478. The van der Waals surface area contributed by atoms with Crippen LogP contribution in [0.1, 0.15) is 0 Å². The normalized spacial score (nSPS) is 10.7. The number of benzene rings is 1. The Morgan fingerprint density at radius 3 is 2.90 bits per heavy atom. The van der Waals surface area contributed by atoms with Gasteiger partial charge in [0, 0.05) is 6.07 Å². The third-order valence-corrected chi connectivity index (χ3v) is 3.81. The van der Waals surface area contributed by atoms with Crippen molar-refractivity contribution >= 4 is 39.9 Å². The van der Waals surface area contributed by atoms with E-state index in [9.17, 15) is 9.30 Å². The van der Waals surface area contributed by atoms with Crippen LogP contribution in [0.2, 0.25) is 0 Å². The second-order valence-corrected chi connectivity index (χ2v) is 5.62. The summed E-state index contributed by atoms with van der Waals surface area (Å²) in [4.78, 5) is 18.4. The molecule has 0 aliphatic heterocycles. The van der Waals surface area contributed by atoms with Crippen LogP contribution in [0, 0.1) is 10.7 Å². The molecule has 2 heterocycles. The zero-order chi connectivity index (χ0) is 14.1. The van der Waals surface area contributed by atoms with Gasteiger partial charge in [-0.1, -0.05) is 0 Å². The number of halogens is 1. The van der Waals surface area contributed by atoms with Crippen molar-refractivity contribution in [2.45, 2.75) is 4.21 Å². The van der Waals surface area contributed by atoms with Gasteiger partial charge in [0.25, 0.3) is 0 Å². The minimum Gasteiger partial charge on any atom is -0.434 e. The smallest absolute Gasteiger partial charge is 0.240 e. The van der Waals surface area contributed by atoms with Gasteiger partial charge in [-0.2, -0.15) is 0 Å². The average Bonchev–Trinajstić information content (AvgIpc) is 2.82. The van der Waals surface area contributed by atoms with Gasteiger partial charge < -0.3 is 4.74 Å². The van der Waals surface area contributed by atoms with Crippen LogP contribution in [0.5, 0.6) is 11.6 Å². The predicted molar refractivity (Wildman–Crippen MR) is 76.6 cm³/mol. The Hall–Kier alpha value is -2.06. The Bertz CT molecular complexity index is 806. The predicted octanol–water partition coefficient (Wildman–Crippen LogP) is 4.31. The highest BCUT2D eigenvalue weighted by atomic mass is 32.2. The van der Waals surface area contributed by atoms with Crippen molar-refractivity contribution in [3.05, 3.63) is 41.3 Å². The first-order valence-corrected chi connectivity index (χ1v) is 6.68. The lowest BCUT2D eigenvalue weighted by molar-refractivity contribution is 0.432. The molecule has 0 N–H and O–H groups in total. The van der Waals surface area contributed by atoms with Crippen molar-refractivity contribution in [1.29, 1.82) is 0 Å². The highest BCUT2D eigenvalue weighted by Crippen LogP contribution is 2.35. The lowest BCUT2D eigenvalue weighted by Crippen LogP contribution is -1.91. The van der Waals surface area contributed by atoms with E-state index in [0.29, 0.717) is 10.2 Å². The maximum atomic E-state index is 13.7. The molecule has 20 heavy (non-hydrogen) atoms. The number of nitrogens with zero attached hydrogens (tertiary/aromatic N) is 3. The quantitative estimate of drug-likeness (QED) is 0.578. The lowest BCUT2D eigenvalue weighted by Gasteiger charge is -2.06. The molecule has 3 aromatic rings. The maximum absolute atomic E-state index is 13.7. The second-order valence-electron chi connectivity index (χ2n) is 3.79. The molecule has 0 unspecified atom stereocenters. The number of nitroso groups, excluding NO2 is 1. The zero-order valence-corrected chi connectivity index (χ0v) is 11.5. The minimum atomic E-state index is -0.684. The molecule has 0 saturated heterocycles. The molecule has 2 aromatic heterocycles. The molecule has 0 atom stereocenters. The van der Waals surface area contributed by atoms with Gasteiger partial charge in [-0.15, -0.1) is 28.9 Å². The van der Waals surface area contributed by atoms with E-state index in [0.717, 1.165) is 10.3 Å². The number of hydrogen-bond acceptors (Lipinski definition) is 7. The number of ether oxygens (including phenoxy) is 1. The number of thiophene rings is 1. The molecule has 0 spiro atoms. The molecule has 8 heteroatoms. The van der Waals surface area contributed by atoms with Crippen LogP contribution in [0.4, 0.5) is 10.1 Å². The molecule has 0 amide bonds. The topological polar surface area (TPSA) is 64.4 Å². The molecular formula is C12H6FN3O2S2. The van der Waals surface area contributed by atoms with Crippen molar-refractivity contribution in [1.82, 2.24) is 9.97 Å². The van der Waals surface area contributed by atoms with Crippen LogP contribution >= 0.6 is 24.0 Å². The molecule has 0 radical (unpaired) electrons. The van der Waals surface area contributed by atoms with Crippen LogP contribution in [-0.2, 0) is 0 Å². The van der Waals surface area contributed by atoms with E-state index in [1.54, 1.807) is 6.07 Å². The monoisotopic (exact) mass is 307 g/mol. The summed E-state index contributed by atoms with van der Waals surface area (Å²) in [6.45, 7) is 0. The lowest BCUT2D eigenvalue weighted by atomic mass is 10.3. The fourth-order valence-corrected chi connectivity index (χ4v) is 2.80. The molecule has 0 fully saturated rings. The van der Waals surface area contributed by atoms with Crippen molar-refractivity contribution in [3.63, 3.8) is 0 Å². The van der Waals surface area contributed by atoms with Crippen molar-refractivity contribution in [2.75, 3.05) is 0 Å². The zero-order valence-electron chi connectivity index (χ0n) is 9.78. The Morgan fingerprint density at radius 1 is 1.30 bits per heavy atom. The third kappa shape index (κ3) is 2.35. The van der Waals surface area contributed by atoms with E-state index in [1.807, 2.05) is 0 Å². The molecule has 0 aliphatic carbocycles. The standard InChI is InChI=1S/C12H6FN3O2S2/c13-7-3-6(16-17)1-2-9(7)18-12-11-8(14-5-15-12)4-10(19)20-11/h1-5,19H. The Labute approximate surface area is 121 Å². The molecule has 5 nitrogen and oxygen atoms in total. The largest absolute Gasteiger partial charge is 0.434 e. The summed E-state index contributed by atoms with van der Waals surface area (Å²) < 4.78 is 20.6. The molecule has 0 bridgehead atoms. The van der Waals surface area contributed by atoms with Gasteiger partial charge >= 0.3 is 0 Å². The highest BCUT2D eigenvalue weighted by molar-refractivity contribution is 7.83. The number of thiol groups is 1. The van der Waals surface area contributed by atoms with Gasteiger partial charge in [-0.25, -0.2) is 14.4 Å². The summed E-state index contributed by atoms with van der Waals surface area (Å²) >= 11 is 5.57. The highest BCUT2D eigenvalue weighted by Gasteiger charge is 2.12. The summed E-state index contributed by atoms with van der Waals surface area (Å²) in [6, 6.07) is 5.46. The third-order valence-electron chi connectivity index (χ3n) is 2.49. The summed E-state index contributed by atoms with van der Waals surface area (Å²) in [7, 11) is 0. The van der Waals surface area contributed by atoms with Crippen LogP contribution < -0.4 is 4.74 Å². The number of aromatic nitrogens is 2. The van der Waals surface area contributed by atoms with Crippen molar-refractivity contribution in [3.8, 4) is 11.6 Å². The van der Waals surface area contributed by atoms with Gasteiger partial charge in [0.2, 0.25) is 5.88 Å². The number of rotatable bonds is 3. The van der Waals surface area contributed by atoms with Gasteiger partial charge in [0.05, 0.1) is 9.73 Å². The Balaban J connectivity index is 2.03. The van der Waals surface area contributed by atoms with Gasteiger partial charge in [0.15, 0.2) is 11.6 Å². The van der Waals surface area contributed by atoms with Crippen molar-refractivity contribution < 1.29 is 9.13 Å². The van der Waals surface area contributed by atoms with Crippen molar-refractivity contribution in [2.24, 2.45) is 5.18 Å². The van der Waals surface area contributed by atoms with E-state index in [2.05, 4.69) is 27.8 Å². The van der Waals surface area contributed by atoms with Crippen LogP contribution in [0.3, 0.4) is 0 Å². The number of hydrogen-bond donors (Lipinski definition) is 1. The van der Waals surface area contributed by atoms with E-state index in [4.69, 9.17) is 4.74 Å². The van der Waals surface area contributed by atoms with Gasteiger partial charge in [0.1, 0.15) is 16.7 Å². The molecular weight excluding hydrogens is 301 g/mol. The molecule has 100 valence electrons. The number of fused-ring (bicyclic) bond motifs is 1. The van der Waals surface area contributed by atoms with E-state index in [-0.39, 0.29) is 17.3 Å². The fraction of sp³-hybridized carbons (Fsp3) is 0.